The average molecular weight is 843 g/mol. The third-order valence-corrected chi connectivity index (χ3v) is 9.84. The number of carbonyl (C=O) groups is 2. The standard InChI is InChI=1S/C39H72O15P2/c1-4-5-6-7-8-9-10-11-12-15-18-21-25-36(41)37(42)26-23-28-39(44)54-35(32-53-56(48,49)52-30-34(40)29-51-55(45,46)47)31-50-38(43)27-22-19-16-13-14-17-20-24-33(2)3/h8-9,11-12,18,21,33-37,40-42H,4-7,10,13-17,19-20,22-32H2,1-3H3,(H,48,49)(H2,45,46,47)/b9-8-,12-11-,21-18-/t34-,35+,36?,37?/m0/s1. The van der Waals surface area contributed by atoms with Gasteiger partial charge in [0, 0.05) is 12.8 Å². The second kappa shape index (κ2) is 34.2. The Kier molecular flexibility index (Phi) is 33.1. The van der Waals surface area contributed by atoms with Crippen LogP contribution in [-0.2, 0) is 41.8 Å². The molecule has 0 fully saturated rings. The Morgan fingerprint density at radius 1 is 0.607 bits per heavy atom. The molecule has 0 aliphatic rings. The lowest BCUT2D eigenvalue weighted by Gasteiger charge is -2.21. The molecule has 0 saturated carbocycles. The van der Waals surface area contributed by atoms with E-state index in [1.807, 2.05) is 12.2 Å². The number of esters is 2. The van der Waals surface area contributed by atoms with Gasteiger partial charge in [0.1, 0.15) is 12.7 Å². The van der Waals surface area contributed by atoms with E-state index >= 15 is 0 Å². The summed E-state index contributed by atoms with van der Waals surface area (Å²) >= 11 is 0. The van der Waals surface area contributed by atoms with Gasteiger partial charge in [0.25, 0.3) is 0 Å². The highest BCUT2D eigenvalue weighted by Crippen LogP contribution is 2.43. The van der Waals surface area contributed by atoms with E-state index in [1.54, 1.807) is 6.08 Å². The molecule has 328 valence electrons. The Hall–Kier alpha value is -1.74. The lowest BCUT2D eigenvalue weighted by molar-refractivity contribution is -0.161. The van der Waals surface area contributed by atoms with Crippen LogP contribution in [-0.4, -0.2) is 92.8 Å². The Balaban J connectivity index is 4.81. The van der Waals surface area contributed by atoms with E-state index in [0.29, 0.717) is 18.8 Å². The molecule has 0 aromatic rings. The molecule has 5 atom stereocenters. The van der Waals surface area contributed by atoms with Gasteiger partial charge in [-0.15, -0.1) is 0 Å². The maximum atomic E-state index is 12.7. The van der Waals surface area contributed by atoms with Crippen LogP contribution in [0.2, 0.25) is 0 Å². The Morgan fingerprint density at radius 3 is 1.82 bits per heavy atom. The van der Waals surface area contributed by atoms with Gasteiger partial charge in [-0.05, 0) is 57.3 Å². The molecular weight excluding hydrogens is 770 g/mol. The minimum atomic E-state index is -4.89. The highest BCUT2D eigenvalue weighted by Gasteiger charge is 2.28. The normalized spacial score (nSPS) is 15.8. The fourth-order valence-electron chi connectivity index (χ4n) is 5.16. The molecule has 56 heavy (non-hydrogen) atoms. The van der Waals surface area contributed by atoms with Crippen molar-refractivity contribution >= 4 is 27.6 Å². The summed E-state index contributed by atoms with van der Waals surface area (Å²) in [5.41, 5.74) is 0. The molecule has 0 radical (unpaired) electrons. The van der Waals surface area contributed by atoms with Gasteiger partial charge in [-0.3, -0.25) is 23.2 Å². The van der Waals surface area contributed by atoms with Gasteiger partial charge in [-0.25, -0.2) is 9.13 Å². The first-order valence-electron chi connectivity index (χ1n) is 20.2. The highest BCUT2D eigenvalue weighted by molar-refractivity contribution is 7.47. The molecule has 17 heteroatoms. The number of unbranched alkanes of at least 4 members (excludes halogenated alkanes) is 9. The Labute approximate surface area is 334 Å². The van der Waals surface area contributed by atoms with Crippen LogP contribution >= 0.6 is 15.6 Å². The number of aliphatic hydroxyl groups excluding tert-OH is 3. The van der Waals surface area contributed by atoms with Gasteiger partial charge in [0.2, 0.25) is 0 Å². The summed E-state index contributed by atoms with van der Waals surface area (Å²) in [7, 11) is -9.77. The van der Waals surface area contributed by atoms with Gasteiger partial charge in [0.15, 0.2) is 6.10 Å². The molecule has 0 rings (SSSR count). The molecule has 15 nitrogen and oxygen atoms in total. The maximum Gasteiger partial charge on any atom is 0.472 e. The summed E-state index contributed by atoms with van der Waals surface area (Å²) in [6, 6.07) is 0. The minimum absolute atomic E-state index is 0.0937. The van der Waals surface area contributed by atoms with E-state index in [0.717, 1.165) is 38.5 Å². The summed E-state index contributed by atoms with van der Waals surface area (Å²) in [5.74, 6) is -0.618. The summed E-state index contributed by atoms with van der Waals surface area (Å²) in [6.45, 7) is 3.60. The van der Waals surface area contributed by atoms with E-state index in [2.05, 4.69) is 48.0 Å². The van der Waals surface area contributed by atoms with Gasteiger partial charge in [-0.2, -0.15) is 0 Å². The lowest BCUT2D eigenvalue weighted by atomic mass is 10.0. The van der Waals surface area contributed by atoms with E-state index in [1.165, 1.54) is 38.5 Å². The van der Waals surface area contributed by atoms with Crippen LogP contribution in [0.15, 0.2) is 36.5 Å². The van der Waals surface area contributed by atoms with Crippen LogP contribution in [0.5, 0.6) is 0 Å². The molecule has 0 aliphatic carbocycles. The van der Waals surface area contributed by atoms with Crippen LogP contribution in [0.3, 0.4) is 0 Å². The molecule has 0 aliphatic heterocycles. The summed E-state index contributed by atoms with van der Waals surface area (Å²) in [5, 5.41) is 30.4. The van der Waals surface area contributed by atoms with E-state index < -0.39 is 78.4 Å². The zero-order chi connectivity index (χ0) is 42.1. The lowest BCUT2D eigenvalue weighted by Crippen LogP contribution is -2.30. The third-order valence-electron chi connectivity index (χ3n) is 8.40. The number of rotatable bonds is 37. The molecule has 0 bridgehead atoms. The SMILES string of the molecule is CCCCC/C=C\C/C=C\C/C=C\CC(O)C(O)CCCC(=O)O[C@H](COC(=O)CCCCCCCCCC(C)C)COP(=O)(O)OC[C@@H](O)COP(=O)(O)O. The number of allylic oxidation sites excluding steroid dienone is 5. The smallest absolute Gasteiger partial charge is 0.462 e. The van der Waals surface area contributed by atoms with Crippen LogP contribution < -0.4 is 0 Å². The van der Waals surface area contributed by atoms with Gasteiger partial charge in [0.05, 0.1) is 32.0 Å². The maximum absolute atomic E-state index is 12.7. The number of aliphatic hydroxyl groups is 3. The molecule has 0 aromatic heterocycles. The van der Waals surface area contributed by atoms with Crippen molar-refractivity contribution < 1.29 is 71.8 Å². The van der Waals surface area contributed by atoms with Crippen molar-refractivity contribution in [1.82, 2.24) is 0 Å². The van der Waals surface area contributed by atoms with Crippen LogP contribution in [0.1, 0.15) is 143 Å². The second-order valence-corrected chi connectivity index (χ2v) is 17.0. The fourth-order valence-corrected chi connectivity index (χ4v) is 6.32. The topological polar surface area (TPSA) is 236 Å². The summed E-state index contributed by atoms with van der Waals surface area (Å²) in [4.78, 5) is 52.5. The summed E-state index contributed by atoms with van der Waals surface area (Å²) < 4.78 is 47.4. The van der Waals surface area contributed by atoms with Gasteiger partial charge >= 0.3 is 27.6 Å². The molecule has 0 spiro atoms. The van der Waals surface area contributed by atoms with Gasteiger partial charge in [-0.1, -0.05) is 115 Å². The molecule has 0 amide bonds. The quantitative estimate of drug-likeness (QED) is 0.0154. The van der Waals surface area contributed by atoms with E-state index in [-0.39, 0.29) is 32.1 Å². The first-order valence-corrected chi connectivity index (χ1v) is 23.2. The van der Waals surface area contributed by atoms with E-state index in [4.69, 9.17) is 23.8 Å². The number of phosphoric ester groups is 2. The average Bonchev–Trinajstić information content (AvgIpc) is 3.13. The predicted octanol–water partition coefficient (Wildman–Crippen LogP) is 7.52. The van der Waals surface area contributed by atoms with Crippen molar-refractivity contribution in [3.63, 3.8) is 0 Å². The number of phosphoric acid groups is 2. The summed E-state index contributed by atoms with van der Waals surface area (Å²) in [6.07, 6.45) is 22.1. The van der Waals surface area contributed by atoms with Crippen molar-refractivity contribution in [2.75, 3.05) is 26.4 Å². The Morgan fingerprint density at radius 2 is 1.18 bits per heavy atom. The van der Waals surface area contributed by atoms with Crippen LogP contribution in [0, 0.1) is 5.92 Å². The minimum Gasteiger partial charge on any atom is -0.462 e. The molecule has 0 aromatic carbocycles. The van der Waals surface area contributed by atoms with Crippen LogP contribution in [0.25, 0.3) is 0 Å². The monoisotopic (exact) mass is 842 g/mol. The number of hydrogen-bond donors (Lipinski definition) is 6. The predicted molar refractivity (Wildman–Crippen MR) is 214 cm³/mol. The third kappa shape index (κ3) is 36.6. The first-order chi connectivity index (χ1) is 26.5. The fraction of sp³-hybridized carbons (Fsp3) is 0.795. The van der Waals surface area contributed by atoms with E-state index in [9.17, 15) is 38.9 Å². The van der Waals surface area contributed by atoms with Crippen LogP contribution in [0.4, 0.5) is 0 Å². The molecule has 0 saturated heterocycles. The molecular formula is C39H72O15P2. The van der Waals surface area contributed by atoms with Gasteiger partial charge < -0.3 is 39.5 Å². The highest BCUT2D eigenvalue weighted by atomic mass is 31.2. The van der Waals surface area contributed by atoms with Crippen molar-refractivity contribution in [1.29, 1.82) is 0 Å². The van der Waals surface area contributed by atoms with Crippen molar-refractivity contribution in [3.05, 3.63) is 36.5 Å². The molecule has 0 heterocycles. The largest absolute Gasteiger partial charge is 0.472 e. The zero-order valence-electron chi connectivity index (χ0n) is 33.9. The second-order valence-electron chi connectivity index (χ2n) is 14.3. The molecule has 6 N–H and O–H groups in total. The molecule has 3 unspecified atom stereocenters. The Bertz CT molecular complexity index is 1190. The van der Waals surface area contributed by atoms with Crippen molar-refractivity contribution in [3.8, 4) is 0 Å². The van der Waals surface area contributed by atoms with Crippen molar-refractivity contribution in [2.24, 2.45) is 5.92 Å². The number of carbonyl (C=O) groups excluding carboxylic acids is 2. The first kappa shape index (κ1) is 54.3. The zero-order valence-corrected chi connectivity index (χ0v) is 35.7. The number of ether oxygens (including phenoxy) is 2. The number of hydrogen-bond acceptors (Lipinski definition) is 12. The van der Waals surface area contributed by atoms with Crippen molar-refractivity contribution in [2.45, 2.75) is 167 Å².